The van der Waals surface area contributed by atoms with Gasteiger partial charge in [0.25, 0.3) is 0 Å². The van der Waals surface area contributed by atoms with Crippen LogP contribution in [0.3, 0.4) is 0 Å². The van der Waals surface area contributed by atoms with Crippen LogP contribution < -0.4 is 20.1 Å². The van der Waals surface area contributed by atoms with Gasteiger partial charge in [0, 0.05) is 37.6 Å². The number of aliphatic hydroxyl groups excluding tert-OH is 1. The molecule has 0 radical (unpaired) electrons. The first kappa shape index (κ1) is 22.8. The Morgan fingerprint density at radius 3 is 3.09 bits per heavy atom. The molecular formula is C26H31FN4O3. The Bertz CT molecular complexity index is 1140. The van der Waals surface area contributed by atoms with Crippen LogP contribution in [0, 0.1) is 0 Å². The molecule has 3 N–H and O–H groups in total. The van der Waals surface area contributed by atoms with E-state index in [0.29, 0.717) is 38.4 Å². The van der Waals surface area contributed by atoms with Crippen molar-refractivity contribution < 1.29 is 19.0 Å². The maximum atomic E-state index is 15.0. The SMILES string of the molecule is COc1cnc2cccc(C(O)CN3CCC(NCc4ccc5c(c4)NCCO5)C(F)C3)c2c1. The number of aromatic nitrogens is 1. The van der Waals surface area contributed by atoms with E-state index in [1.165, 1.54) is 0 Å². The number of pyridine rings is 1. The molecule has 0 saturated carbocycles. The number of alkyl halides is 1. The Balaban J connectivity index is 1.17. The summed E-state index contributed by atoms with van der Waals surface area (Å²) in [5.41, 5.74) is 3.67. The van der Waals surface area contributed by atoms with Crippen LogP contribution in [0.5, 0.6) is 11.5 Å². The zero-order valence-corrected chi connectivity index (χ0v) is 19.3. The lowest BCUT2D eigenvalue weighted by molar-refractivity contribution is 0.0571. The van der Waals surface area contributed by atoms with Crippen LogP contribution in [0.4, 0.5) is 10.1 Å². The van der Waals surface area contributed by atoms with Gasteiger partial charge in [0.05, 0.1) is 30.6 Å². The van der Waals surface area contributed by atoms with Gasteiger partial charge in [-0.15, -0.1) is 0 Å². The fraction of sp³-hybridized carbons (Fsp3) is 0.423. The summed E-state index contributed by atoms with van der Waals surface area (Å²) in [5, 5.41) is 18.5. The minimum atomic E-state index is -1.01. The molecule has 180 valence electrons. The van der Waals surface area contributed by atoms with Crippen molar-refractivity contribution in [3.63, 3.8) is 0 Å². The number of hydrogen-bond acceptors (Lipinski definition) is 7. The number of benzene rings is 2. The number of likely N-dealkylation sites (tertiary alicyclic amines) is 1. The summed E-state index contributed by atoms with van der Waals surface area (Å²) >= 11 is 0. The van der Waals surface area contributed by atoms with Gasteiger partial charge in [0.1, 0.15) is 24.3 Å². The Morgan fingerprint density at radius 2 is 2.24 bits per heavy atom. The fourth-order valence-electron chi connectivity index (χ4n) is 4.81. The van der Waals surface area contributed by atoms with Crippen LogP contribution in [0.25, 0.3) is 10.9 Å². The van der Waals surface area contributed by atoms with E-state index in [9.17, 15) is 5.11 Å². The number of nitrogens with one attached hydrogen (secondary N) is 2. The smallest absolute Gasteiger partial charge is 0.142 e. The van der Waals surface area contributed by atoms with Crippen molar-refractivity contribution in [3.05, 3.63) is 59.8 Å². The fourth-order valence-corrected chi connectivity index (χ4v) is 4.81. The molecular weight excluding hydrogens is 435 g/mol. The van der Waals surface area contributed by atoms with Gasteiger partial charge in [0.2, 0.25) is 0 Å². The van der Waals surface area contributed by atoms with Gasteiger partial charge in [-0.1, -0.05) is 18.2 Å². The number of methoxy groups -OCH3 is 1. The average Bonchev–Trinajstić information content (AvgIpc) is 2.87. The van der Waals surface area contributed by atoms with Crippen LogP contribution in [-0.4, -0.2) is 67.1 Å². The lowest BCUT2D eigenvalue weighted by Gasteiger charge is -2.36. The van der Waals surface area contributed by atoms with Gasteiger partial charge < -0.3 is 25.2 Å². The molecule has 3 heterocycles. The standard InChI is InChI=1S/C26H31FN4O3/c1-33-18-12-20-19(3-2-4-22(20)30-14-18)25(32)16-31-9-7-23(21(27)15-31)29-13-17-5-6-26-24(11-17)28-8-10-34-26/h2-6,11-12,14,21,23,25,28-29,32H,7-10,13,15-16H2,1H3. The van der Waals surface area contributed by atoms with E-state index in [0.717, 1.165) is 46.6 Å². The molecule has 2 aromatic carbocycles. The lowest BCUT2D eigenvalue weighted by Crippen LogP contribution is -2.51. The monoisotopic (exact) mass is 466 g/mol. The molecule has 1 aromatic heterocycles. The third kappa shape index (κ3) is 4.94. The number of rotatable bonds is 7. The summed E-state index contributed by atoms with van der Waals surface area (Å²) in [6.45, 7) is 3.46. The van der Waals surface area contributed by atoms with E-state index in [1.54, 1.807) is 13.3 Å². The summed E-state index contributed by atoms with van der Waals surface area (Å²) in [6.07, 6.45) is 0.609. The topological polar surface area (TPSA) is 78.9 Å². The second kappa shape index (κ2) is 10.1. The zero-order valence-electron chi connectivity index (χ0n) is 19.3. The van der Waals surface area contributed by atoms with Crippen LogP contribution >= 0.6 is 0 Å². The normalized spacial score (nSPS) is 21.4. The minimum Gasteiger partial charge on any atom is -0.495 e. The number of fused-ring (bicyclic) bond motifs is 2. The van der Waals surface area contributed by atoms with Gasteiger partial charge in [-0.3, -0.25) is 9.88 Å². The second-order valence-corrected chi connectivity index (χ2v) is 8.96. The quantitative estimate of drug-likeness (QED) is 0.493. The van der Waals surface area contributed by atoms with E-state index < -0.39 is 12.3 Å². The van der Waals surface area contributed by atoms with Crippen molar-refractivity contribution >= 4 is 16.6 Å². The van der Waals surface area contributed by atoms with Gasteiger partial charge in [0.15, 0.2) is 0 Å². The predicted molar refractivity (Wildman–Crippen MR) is 130 cm³/mol. The number of hydrogen-bond donors (Lipinski definition) is 3. The molecule has 1 fully saturated rings. The highest BCUT2D eigenvalue weighted by molar-refractivity contribution is 5.83. The largest absolute Gasteiger partial charge is 0.495 e. The van der Waals surface area contributed by atoms with Crippen LogP contribution in [0.2, 0.25) is 0 Å². The third-order valence-electron chi connectivity index (χ3n) is 6.67. The number of β-amino-alcohol motifs (C(OH)–C–C–N with tert-alkyl or cyclic N) is 1. The number of anilines is 1. The highest BCUT2D eigenvalue weighted by Gasteiger charge is 2.30. The molecule has 3 atom stereocenters. The van der Waals surface area contributed by atoms with Crippen molar-refractivity contribution in [1.29, 1.82) is 0 Å². The Labute approximate surface area is 198 Å². The molecule has 0 amide bonds. The average molecular weight is 467 g/mol. The molecule has 8 heteroatoms. The lowest BCUT2D eigenvalue weighted by atomic mass is 9.99. The van der Waals surface area contributed by atoms with E-state index in [2.05, 4.69) is 21.7 Å². The van der Waals surface area contributed by atoms with Gasteiger partial charge in [-0.2, -0.15) is 0 Å². The highest BCUT2D eigenvalue weighted by atomic mass is 19.1. The summed E-state index contributed by atoms with van der Waals surface area (Å²) in [7, 11) is 1.60. The van der Waals surface area contributed by atoms with Crippen LogP contribution in [0.1, 0.15) is 23.7 Å². The van der Waals surface area contributed by atoms with E-state index in [-0.39, 0.29) is 6.04 Å². The second-order valence-electron chi connectivity index (χ2n) is 8.96. The minimum absolute atomic E-state index is 0.209. The van der Waals surface area contributed by atoms with Crippen molar-refractivity contribution in [2.24, 2.45) is 0 Å². The summed E-state index contributed by atoms with van der Waals surface area (Å²) in [6, 6.07) is 13.4. The van der Waals surface area contributed by atoms with E-state index in [4.69, 9.17) is 9.47 Å². The number of piperidine rings is 1. The first-order valence-corrected chi connectivity index (χ1v) is 11.8. The number of nitrogens with zero attached hydrogens (tertiary/aromatic N) is 2. The van der Waals surface area contributed by atoms with Gasteiger partial charge >= 0.3 is 0 Å². The molecule has 7 nitrogen and oxygen atoms in total. The molecule has 3 unspecified atom stereocenters. The Kier molecular flexibility index (Phi) is 6.80. The molecule has 2 aliphatic heterocycles. The Hall–Kier alpha value is -2.94. The molecule has 5 rings (SSSR count). The number of halogens is 1. The maximum absolute atomic E-state index is 15.0. The predicted octanol–water partition coefficient (Wildman–Crippen LogP) is 3.28. The molecule has 34 heavy (non-hydrogen) atoms. The van der Waals surface area contributed by atoms with E-state index >= 15 is 4.39 Å². The van der Waals surface area contributed by atoms with E-state index in [1.807, 2.05) is 41.3 Å². The van der Waals surface area contributed by atoms with Crippen molar-refractivity contribution in [2.45, 2.75) is 31.3 Å². The molecule has 0 bridgehead atoms. The number of aliphatic hydroxyl groups is 1. The number of ether oxygens (including phenoxy) is 2. The summed E-state index contributed by atoms with van der Waals surface area (Å²) in [5.74, 6) is 1.51. The first-order valence-electron chi connectivity index (χ1n) is 11.8. The zero-order chi connectivity index (χ0) is 23.5. The molecule has 0 spiro atoms. The van der Waals surface area contributed by atoms with Gasteiger partial charge in [-0.05, 0) is 48.4 Å². The molecule has 2 aliphatic rings. The Morgan fingerprint density at radius 1 is 1.32 bits per heavy atom. The molecule has 0 aliphatic carbocycles. The highest BCUT2D eigenvalue weighted by Crippen LogP contribution is 2.29. The van der Waals surface area contributed by atoms with Crippen molar-refractivity contribution in [1.82, 2.24) is 15.2 Å². The molecule has 1 saturated heterocycles. The maximum Gasteiger partial charge on any atom is 0.142 e. The van der Waals surface area contributed by atoms with Crippen LogP contribution in [0.15, 0.2) is 48.7 Å². The first-order chi connectivity index (χ1) is 16.6. The molecule has 3 aromatic rings. The summed E-state index contributed by atoms with van der Waals surface area (Å²) < 4.78 is 26.0. The summed E-state index contributed by atoms with van der Waals surface area (Å²) in [4.78, 5) is 6.40. The third-order valence-corrected chi connectivity index (χ3v) is 6.67. The van der Waals surface area contributed by atoms with Crippen LogP contribution in [-0.2, 0) is 6.54 Å². The van der Waals surface area contributed by atoms with Crippen molar-refractivity contribution in [2.75, 3.05) is 45.2 Å². The van der Waals surface area contributed by atoms with Crippen molar-refractivity contribution in [3.8, 4) is 11.5 Å². The van der Waals surface area contributed by atoms with Gasteiger partial charge in [-0.25, -0.2) is 4.39 Å².